The highest BCUT2D eigenvalue weighted by atomic mass is 16.5. The number of aromatic nitrogens is 1. The van der Waals surface area contributed by atoms with Crippen molar-refractivity contribution in [2.45, 2.75) is 26.4 Å². The molecule has 0 saturated carbocycles. The minimum Gasteiger partial charge on any atom is -0.493 e. The number of hydrogen-bond donors (Lipinski definition) is 2. The average molecular weight is 500 g/mol. The van der Waals surface area contributed by atoms with Crippen molar-refractivity contribution in [3.8, 4) is 17.2 Å². The van der Waals surface area contributed by atoms with Gasteiger partial charge in [0.25, 0.3) is 0 Å². The number of aliphatic carboxylic acids is 1. The molecule has 2 N–H and O–H groups in total. The molecule has 0 saturated heterocycles. The van der Waals surface area contributed by atoms with Gasteiger partial charge in [-0.2, -0.15) is 0 Å². The molecule has 0 aliphatic heterocycles. The zero-order valence-corrected chi connectivity index (χ0v) is 20.6. The summed E-state index contributed by atoms with van der Waals surface area (Å²) in [5, 5.41) is 12.0. The first-order chi connectivity index (χ1) is 18.0. The fourth-order valence-electron chi connectivity index (χ4n) is 3.79. The molecule has 0 aliphatic carbocycles. The summed E-state index contributed by atoms with van der Waals surface area (Å²) in [6, 6.07) is 26.0. The van der Waals surface area contributed by atoms with Gasteiger partial charge >= 0.3 is 12.0 Å². The number of nitrogens with one attached hydrogen (secondary N) is 1. The monoisotopic (exact) mass is 499 g/mol. The minimum absolute atomic E-state index is 0.160. The number of amides is 2. The number of urea groups is 1. The van der Waals surface area contributed by atoms with Gasteiger partial charge in [-0.3, -0.25) is 4.79 Å². The molecule has 3 aromatic carbocycles. The Labute approximate surface area is 215 Å². The molecular formula is C29H29N3O5. The fourth-order valence-corrected chi connectivity index (χ4v) is 3.79. The Morgan fingerprint density at radius 3 is 2.30 bits per heavy atom. The number of benzene rings is 3. The molecule has 0 bridgehead atoms. The first-order valence-corrected chi connectivity index (χ1v) is 12.0. The number of oxazole rings is 1. The third-order valence-corrected chi connectivity index (χ3v) is 5.72. The van der Waals surface area contributed by atoms with E-state index < -0.39 is 18.5 Å². The Balaban J connectivity index is 1.29. The summed E-state index contributed by atoms with van der Waals surface area (Å²) in [7, 11) is 0. The highest BCUT2D eigenvalue weighted by Crippen LogP contribution is 2.22. The lowest BCUT2D eigenvalue weighted by Gasteiger charge is -2.21. The first kappa shape index (κ1) is 25.5. The third-order valence-electron chi connectivity index (χ3n) is 5.72. The van der Waals surface area contributed by atoms with Crippen LogP contribution in [0.2, 0.25) is 0 Å². The van der Waals surface area contributed by atoms with Gasteiger partial charge in [0.05, 0.1) is 12.3 Å². The quantitative estimate of drug-likeness (QED) is 0.299. The van der Waals surface area contributed by atoms with Crippen molar-refractivity contribution in [1.82, 2.24) is 15.2 Å². The van der Waals surface area contributed by atoms with E-state index in [0.717, 1.165) is 28.1 Å². The van der Waals surface area contributed by atoms with Gasteiger partial charge in [0.15, 0.2) is 0 Å². The molecule has 0 unspecified atom stereocenters. The lowest BCUT2D eigenvalue weighted by molar-refractivity contribution is -0.137. The Morgan fingerprint density at radius 1 is 0.946 bits per heavy atom. The molecule has 0 fully saturated rings. The number of ether oxygens (including phenoxy) is 1. The SMILES string of the molecule is Cc1oc(-c2ccccc2)nc1CCOc1ccc(CN(CC(=O)O)C(=O)NCc2ccccc2)cc1. The topological polar surface area (TPSA) is 105 Å². The number of carbonyl (C=O) groups excluding carboxylic acids is 1. The predicted octanol–water partition coefficient (Wildman–Crippen LogP) is 5.07. The van der Waals surface area contributed by atoms with Gasteiger partial charge in [0.2, 0.25) is 5.89 Å². The van der Waals surface area contributed by atoms with Crippen LogP contribution >= 0.6 is 0 Å². The van der Waals surface area contributed by atoms with E-state index in [0.29, 0.717) is 31.2 Å². The average Bonchev–Trinajstić information content (AvgIpc) is 3.29. The summed E-state index contributed by atoms with van der Waals surface area (Å²) in [6.07, 6.45) is 0.595. The van der Waals surface area contributed by atoms with Crippen LogP contribution in [0, 0.1) is 6.92 Å². The molecule has 8 heteroatoms. The smallest absolute Gasteiger partial charge is 0.323 e. The highest BCUT2D eigenvalue weighted by Gasteiger charge is 2.17. The van der Waals surface area contributed by atoms with Gasteiger partial charge in [-0.05, 0) is 42.3 Å². The summed E-state index contributed by atoms with van der Waals surface area (Å²) in [6.45, 7) is 2.39. The zero-order chi connectivity index (χ0) is 26.0. The molecule has 4 rings (SSSR count). The maximum Gasteiger partial charge on any atom is 0.323 e. The molecule has 0 radical (unpaired) electrons. The molecule has 1 aromatic heterocycles. The van der Waals surface area contributed by atoms with Crippen LogP contribution in [0.15, 0.2) is 89.3 Å². The maximum atomic E-state index is 12.6. The maximum absolute atomic E-state index is 12.6. The summed E-state index contributed by atoms with van der Waals surface area (Å²) in [4.78, 5) is 29.8. The number of carboxylic acids is 1. The number of hydrogen-bond acceptors (Lipinski definition) is 5. The van der Waals surface area contributed by atoms with Crippen molar-refractivity contribution in [1.29, 1.82) is 0 Å². The molecule has 2 amide bonds. The standard InChI is InChI=1S/C29H29N3O5/c1-21-26(31-28(37-21)24-10-6-3-7-11-24)16-17-36-25-14-12-23(13-15-25)19-32(20-27(33)34)29(35)30-18-22-8-4-2-5-9-22/h2-15H,16-20H2,1H3,(H,30,35)(H,33,34). The van der Waals surface area contributed by atoms with Crippen molar-refractivity contribution in [2.75, 3.05) is 13.2 Å². The Bertz CT molecular complexity index is 1300. The second-order valence-corrected chi connectivity index (χ2v) is 8.52. The van der Waals surface area contributed by atoms with Crippen molar-refractivity contribution >= 4 is 12.0 Å². The zero-order valence-electron chi connectivity index (χ0n) is 20.6. The molecule has 0 spiro atoms. The number of nitrogens with zero attached hydrogens (tertiary/aromatic N) is 2. The van der Waals surface area contributed by atoms with Gasteiger partial charge in [-0.15, -0.1) is 0 Å². The fraction of sp³-hybridized carbons (Fsp3) is 0.207. The van der Waals surface area contributed by atoms with E-state index >= 15 is 0 Å². The van der Waals surface area contributed by atoms with Gasteiger partial charge in [0, 0.05) is 25.1 Å². The van der Waals surface area contributed by atoms with E-state index in [1.165, 1.54) is 4.90 Å². The van der Waals surface area contributed by atoms with Crippen LogP contribution in [0.1, 0.15) is 22.6 Å². The molecule has 4 aromatic rings. The summed E-state index contributed by atoms with van der Waals surface area (Å²) in [5.41, 5.74) is 3.51. The van der Waals surface area contributed by atoms with Crippen molar-refractivity contribution < 1.29 is 23.8 Å². The normalized spacial score (nSPS) is 10.6. The summed E-state index contributed by atoms with van der Waals surface area (Å²) < 4.78 is 11.7. The van der Waals surface area contributed by atoms with Crippen molar-refractivity contribution in [3.63, 3.8) is 0 Å². The Morgan fingerprint density at radius 2 is 1.62 bits per heavy atom. The van der Waals surface area contributed by atoms with Crippen molar-refractivity contribution in [3.05, 3.63) is 108 Å². The molecule has 37 heavy (non-hydrogen) atoms. The van der Waals surface area contributed by atoms with E-state index in [1.54, 1.807) is 12.1 Å². The van der Waals surface area contributed by atoms with Gasteiger partial charge in [-0.25, -0.2) is 9.78 Å². The van der Waals surface area contributed by atoms with Crippen LogP contribution in [0.3, 0.4) is 0 Å². The highest BCUT2D eigenvalue weighted by molar-refractivity contribution is 5.80. The number of carboxylic acid groups (broad SMARTS) is 1. The molecule has 1 heterocycles. The van der Waals surface area contributed by atoms with E-state index in [4.69, 9.17) is 9.15 Å². The lowest BCUT2D eigenvalue weighted by atomic mass is 10.2. The van der Waals surface area contributed by atoms with Crippen LogP contribution in [0.25, 0.3) is 11.5 Å². The summed E-state index contributed by atoms with van der Waals surface area (Å²) in [5.74, 6) is 0.956. The van der Waals surface area contributed by atoms with E-state index in [-0.39, 0.29) is 6.54 Å². The van der Waals surface area contributed by atoms with Crippen molar-refractivity contribution in [2.24, 2.45) is 0 Å². The largest absolute Gasteiger partial charge is 0.493 e. The predicted molar refractivity (Wildman–Crippen MR) is 139 cm³/mol. The Hall–Kier alpha value is -4.59. The molecule has 8 nitrogen and oxygen atoms in total. The van der Waals surface area contributed by atoms with E-state index in [9.17, 15) is 14.7 Å². The number of carbonyl (C=O) groups is 2. The van der Waals surface area contributed by atoms with Crippen LogP contribution in [0.5, 0.6) is 5.75 Å². The Kier molecular flexibility index (Phi) is 8.54. The second-order valence-electron chi connectivity index (χ2n) is 8.52. The lowest BCUT2D eigenvalue weighted by Crippen LogP contribution is -2.42. The van der Waals surface area contributed by atoms with Gasteiger partial charge < -0.3 is 24.5 Å². The molecule has 0 atom stereocenters. The van der Waals surface area contributed by atoms with Crippen LogP contribution < -0.4 is 10.1 Å². The van der Waals surface area contributed by atoms with Crippen LogP contribution in [-0.2, 0) is 24.3 Å². The van der Waals surface area contributed by atoms with E-state index in [2.05, 4.69) is 10.3 Å². The number of aryl methyl sites for hydroxylation is 1. The van der Waals surface area contributed by atoms with Gasteiger partial charge in [-0.1, -0.05) is 60.7 Å². The summed E-state index contributed by atoms with van der Waals surface area (Å²) >= 11 is 0. The first-order valence-electron chi connectivity index (χ1n) is 12.0. The minimum atomic E-state index is -1.08. The molecular weight excluding hydrogens is 470 g/mol. The number of rotatable bonds is 11. The van der Waals surface area contributed by atoms with Crippen LogP contribution in [0.4, 0.5) is 4.79 Å². The second kappa shape index (κ2) is 12.4. The van der Waals surface area contributed by atoms with E-state index in [1.807, 2.05) is 79.7 Å². The van der Waals surface area contributed by atoms with Crippen LogP contribution in [-0.4, -0.2) is 40.1 Å². The molecule has 190 valence electrons. The molecule has 0 aliphatic rings. The van der Waals surface area contributed by atoms with Gasteiger partial charge in [0.1, 0.15) is 18.1 Å². The third kappa shape index (κ3) is 7.44.